The quantitative estimate of drug-likeness (QED) is 0.850. The molecule has 0 atom stereocenters. The summed E-state index contributed by atoms with van der Waals surface area (Å²) in [4.78, 5) is 17.8. The number of pyridine rings is 1. The number of carbonyl (C=O) groups is 1. The molecule has 1 fully saturated rings. The lowest BCUT2D eigenvalue weighted by Gasteiger charge is -2.33. The second-order valence-corrected chi connectivity index (χ2v) is 5.23. The topological polar surface area (TPSA) is 33.2 Å². The number of hydrogen-bond acceptors (Lipinski definition) is 2. The second-order valence-electron chi connectivity index (χ2n) is 5.23. The van der Waals surface area contributed by atoms with Gasteiger partial charge in [-0.15, -0.1) is 0 Å². The monoisotopic (exact) mass is 282 g/mol. The molecule has 0 bridgehead atoms. The molecule has 1 amide bonds. The van der Waals surface area contributed by atoms with Crippen LogP contribution >= 0.6 is 0 Å². The molecule has 0 aliphatic heterocycles. The van der Waals surface area contributed by atoms with Crippen molar-refractivity contribution in [3.63, 3.8) is 0 Å². The first-order valence-electron chi connectivity index (χ1n) is 7.21. The molecular formula is C15H20F2N2O. The number of carbonyl (C=O) groups excluding carboxylic acids is 1. The fourth-order valence-electron chi connectivity index (χ4n) is 2.85. The highest BCUT2D eigenvalue weighted by atomic mass is 19.1. The van der Waals surface area contributed by atoms with Gasteiger partial charge in [-0.2, -0.15) is 0 Å². The molecule has 0 spiro atoms. The Kier molecular flexibility index (Phi) is 5.04. The molecule has 1 aromatic rings. The number of hydrogen-bond donors (Lipinski definition) is 0. The summed E-state index contributed by atoms with van der Waals surface area (Å²) in [5.74, 6) is -1.60. The van der Waals surface area contributed by atoms with E-state index in [0.717, 1.165) is 37.9 Å². The van der Waals surface area contributed by atoms with E-state index < -0.39 is 11.6 Å². The average molecular weight is 282 g/mol. The minimum absolute atomic E-state index is 0.0191. The van der Waals surface area contributed by atoms with E-state index in [1.54, 1.807) is 0 Å². The normalized spacial score (nSPS) is 16.1. The summed E-state index contributed by atoms with van der Waals surface area (Å²) in [6, 6.07) is 1.02. The summed E-state index contributed by atoms with van der Waals surface area (Å²) >= 11 is 0. The van der Waals surface area contributed by atoms with Gasteiger partial charge in [-0.3, -0.25) is 9.78 Å². The van der Waals surface area contributed by atoms with Crippen LogP contribution in [0.2, 0.25) is 0 Å². The van der Waals surface area contributed by atoms with E-state index in [4.69, 9.17) is 0 Å². The lowest BCUT2D eigenvalue weighted by molar-refractivity contribution is -0.133. The van der Waals surface area contributed by atoms with E-state index in [1.165, 1.54) is 6.42 Å². The molecule has 2 rings (SSSR count). The number of halogens is 2. The molecule has 3 nitrogen and oxygen atoms in total. The second kappa shape index (κ2) is 6.77. The summed E-state index contributed by atoms with van der Waals surface area (Å²) in [7, 11) is 0. The van der Waals surface area contributed by atoms with Crippen LogP contribution in [0.3, 0.4) is 0 Å². The van der Waals surface area contributed by atoms with Crippen molar-refractivity contribution >= 4 is 5.91 Å². The Morgan fingerprint density at radius 3 is 2.65 bits per heavy atom. The molecule has 110 valence electrons. The largest absolute Gasteiger partial charge is 0.340 e. The van der Waals surface area contributed by atoms with Crippen molar-refractivity contribution in [2.24, 2.45) is 0 Å². The lowest BCUT2D eigenvalue weighted by Crippen LogP contribution is -2.42. The molecule has 1 aromatic heterocycles. The number of likely N-dealkylation sites (N-methyl/N-ethyl adjacent to an activating group) is 1. The molecule has 1 saturated carbocycles. The Labute approximate surface area is 118 Å². The standard InChI is InChI=1S/C15H20F2N2O/c1-2-19(12-6-4-3-5-7-12)15(20)9-14-13(17)8-11(16)10-18-14/h8,10,12H,2-7,9H2,1H3. The first-order chi connectivity index (χ1) is 9.61. The zero-order valence-corrected chi connectivity index (χ0v) is 11.7. The Morgan fingerprint density at radius 2 is 2.05 bits per heavy atom. The van der Waals surface area contributed by atoms with Crippen LogP contribution in [0.5, 0.6) is 0 Å². The highest BCUT2D eigenvalue weighted by Crippen LogP contribution is 2.23. The molecule has 1 heterocycles. The van der Waals surface area contributed by atoms with E-state index in [0.29, 0.717) is 6.54 Å². The molecule has 0 saturated heterocycles. The molecule has 5 heteroatoms. The van der Waals surface area contributed by atoms with E-state index in [1.807, 2.05) is 11.8 Å². The van der Waals surface area contributed by atoms with Crippen molar-refractivity contribution in [3.05, 3.63) is 29.6 Å². The maximum Gasteiger partial charge on any atom is 0.228 e. The number of nitrogens with zero attached hydrogens (tertiary/aromatic N) is 2. The van der Waals surface area contributed by atoms with Crippen molar-refractivity contribution in [2.45, 2.75) is 51.5 Å². The maximum atomic E-state index is 13.5. The third-order valence-electron chi connectivity index (χ3n) is 3.88. The predicted octanol–water partition coefficient (Wildman–Crippen LogP) is 3.08. The molecule has 1 aliphatic rings. The Hall–Kier alpha value is -1.52. The van der Waals surface area contributed by atoms with Crippen molar-refractivity contribution in [1.29, 1.82) is 0 Å². The lowest BCUT2D eigenvalue weighted by atomic mass is 9.94. The molecule has 0 radical (unpaired) electrons. The fraction of sp³-hybridized carbons (Fsp3) is 0.600. The minimum atomic E-state index is -0.752. The average Bonchev–Trinajstić information content (AvgIpc) is 2.44. The summed E-state index contributed by atoms with van der Waals surface area (Å²) in [6.45, 7) is 2.55. The van der Waals surface area contributed by atoms with Gasteiger partial charge in [0.2, 0.25) is 5.91 Å². The zero-order valence-electron chi connectivity index (χ0n) is 11.7. The van der Waals surface area contributed by atoms with Gasteiger partial charge in [0, 0.05) is 18.7 Å². The third kappa shape index (κ3) is 3.52. The van der Waals surface area contributed by atoms with Crippen LogP contribution in [-0.4, -0.2) is 28.4 Å². The van der Waals surface area contributed by atoms with Crippen LogP contribution in [-0.2, 0) is 11.2 Å². The van der Waals surface area contributed by atoms with E-state index in [2.05, 4.69) is 4.98 Å². The Balaban J connectivity index is 2.04. The van der Waals surface area contributed by atoms with Gasteiger partial charge >= 0.3 is 0 Å². The van der Waals surface area contributed by atoms with Gasteiger partial charge in [0.05, 0.1) is 18.3 Å². The molecule has 0 unspecified atom stereocenters. The van der Waals surface area contributed by atoms with Gasteiger partial charge in [0.25, 0.3) is 0 Å². The number of rotatable bonds is 4. The van der Waals surface area contributed by atoms with Crippen LogP contribution in [0.1, 0.15) is 44.7 Å². The van der Waals surface area contributed by atoms with Crippen molar-refractivity contribution in [1.82, 2.24) is 9.88 Å². The Bertz CT molecular complexity index is 473. The van der Waals surface area contributed by atoms with E-state index in [9.17, 15) is 13.6 Å². The van der Waals surface area contributed by atoms with Crippen LogP contribution in [0.15, 0.2) is 12.3 Å². The third-order valence-corrected chi connectivity index (χ3v) is 3.88. The van der Waals surface area contributed by atoms with Gasteiger partial charge in [-0.1, -0.05) is 19.3 Å². The molecule has 20 heavy (non-hydrogen) atoms. The Morgan fingerprint density at radius 1 is 1.35 bits per heavy atom. The molecular weight excluding hydrogens is 262 g/mol. The first kappa shape index (κ1) is 14.9. The number of aromatic nitrogens is 1. The van der Waals surface area contributed by atoms with Crippen LogP contribution < -0.4 is 0 Å². The fourth-order valence-corrected chi connectivity index (χ4v) is 2.85. The van der Waals surface area contributed by atoms with E-state index >= 15 is 0 Å². The van der Waals surface area contributed by atoms with Crippen molar-refractivity contribution in [2.75, 3.05) is 6.54 Å². The van der Waals surface area contributed by atoms with Crippen molar-refractivity contribution < 1.29 is 13.6 Å². The summed E-state index contributed by atoms with van der Waals surface area (Å²) in [5, 5.41) is 0. The smallest absolute Gasteiger partial charge is 0.228 e. The first-order valence-corrected chi connectivity index (χ1v) is 7.21. The van der Waals surface area contributed by atoms with Gasteiger partial charge < -0.3 is 4.90 Å². The van der Waals surface area contributed by atoms with Crippen LogP contribution in [0.25, 0.3) is 0 Å². The molecule has 1 aliphatic carbocycles. The predicted molar refractivity (Wildman–Crippen MR) is 72.1 cm³/mol. The van der Waals surface area contributed by atoms with Crippen LogP contribution in [0, 0.1) is 11.6 Å². The molecule has 0 aromatic carbocycles. The minimum Gasteiger partial charge on any atom is -0.340 e. The van der Waals surface area contributed by atoms with Gasteiger partial charge in [-0.25, -0.2) is 8.78 Å². The van der Waals surface area contributed by atoms with Crippen LogP contribution in [0.4, 0.5) is 8.78 Å². The summed E-state index contributed by atoms with van der Waals surface area (Å²) < 4.78 is 26.3. The van der Waals surface area contributed by atoms with Gasteiger partial charge in [0.15, 0.2) is 0 Å². The molecule has 0 N–H and O–H groups in total. The SMILES string of the molecule is CCN(C(=O)Cc1ncc(F)cc1F)C1CCCCC1. The summed E-state index contributed by atoms with van der Waals surface area (Å²) in [5.41, 5.74) is 0.0191. The van der Waals surface area contributed by atoms with Gasteiger partial charge in [0.1, 0.15) is 11.6 Å². The highest BCUT2D eigenvalue weighted by molar-refractivity contribution is 5.78. The summed E-state index contributed by atoms with van der Waals surface area (Å²) in [6.07, 6.45) is 6.36. The van der Waals surface area contributed by atoms with Crippen molar-refractivity contribution in [3.8, 4) is 0 Å². The number of amides is 1. The maximum absolute atomic E-state index is 13.5. The zero-order chi connectivity index (χ0) is 14.5. The highest BCUT2D eigenvalue weighted by Gasteiger charge is 2.25. The van der Waals surface area contributed by atoms with E-state index in [-0.39, 0.29) is 24.1 Å². The van der Waals surface area contributed by atoms with Gasteiger partial charge in [-0.05, 0) is 19.8 Å².